The van der Waals surface area contributed by atoms with Gasteiger partial charge in [0.15, 0.2) is 0 Å². The molecule has 1 aliphatic heterocycles. The van der Waals surface area contributed by atoms with Gasteiger partial charge < -0.3 is 5.32 Å². The van der Waals surface area contributed by atoms with E-state index < -0.39 is 14.9 Å². The molecule has 1 aromatic carbocycles. The second kappa shape index (κ2) is 5.70. The zero-order valence-corrected chi connectivity index (χ0v) is 13.1. The molecule has 1 heterocycles. The maximum absolute atomic E-state index is 12.6. The number of aryl methyl sites for hydroxylation is 1. The first-order chi connectivity index (χ1) is 9.71. The summed E-state index contributed by atoms with van der Waals surface area (Å²) in [4.78, 5) is 10.4. The summed E-state index contributed by atoms with van der Waals surface area (Å²) < 4.78 is 26.7. The number of hydrogen-bond acceptors (Lipinski definition) is 5. The Morgan fingerprint density at radius 2 is 1.86 bits per heavy atom. The zero-order valence-electron chi connectivity index (χ0n) is 12.2. The molecule has 0 amide bonds. The minimum absolute atomic E-state index is 0.0268. The maximum Gasteiger partial charge on any atom is 0.273 e. The molecule has 0 saturated carbocycles. The van der Waals surface area contributed by atoms with Gasteiger partial charge in [-0.15, -0.1) is 0 Å². The highest BCUT2D eigenvalue weighted by atomic mass is 32.2. The van der Waals surface area contributed by atoms with Crippen molar-refractivity contribution in [3.8, 4) is 0 Å². The van der Waals surface area contributed by atoms with Crippen LogP contribution < -0.4 is 5.32 Å². The first kappa shape index (κ1) is 15.9. The minimum Gasteiger partial charge on any atom is -0.309 e. The molecule has 1 N–H and O–H groups in total. The van der Waals surface area contributed by atoms with Crippen molar-refractivity contribution in [2.45, 2.75) is 37.8 Å². The fourth-order valence-corrected chi connectivity index (χ4v) is 4.21. The summed E-state index contributed by atoms with van der Waals surface area (Å²) in [6.07, 6.45) is 0. The Balaban J connectivity index is 2.40. The third kappa shape index (κ3) is 3.22. The molecule has 1 aromatic rings. The van der Waals surface area contributed by atoms with Crippen LogP contribution in [0.15, 0.2) is 23.1 Å². The maximum atomic E-state index is 12.6. The van der Waals surface area contributed by atoms with Crippen molar-refractivity contribution >= 4 is 15.7 Å². The second-order valence-electron chi connectivity index (χ2n) is 5.50. The van der Waals surface area contributed by atoms with Crippen LogP contribution in [-0.4, -0.2) is 42.8 Å². The highest BCUT2D eigenvalue weighted by Gasteiger charge is 2.32. The van der Waals surface area contributed by atoms with Gasteiger partial charge in [0, 0.05) is 36.8 Å². The quantitative estimate of drug-likeness (QED) is 0.670. The fourth-order valence-electron chi connectivity index (χ4n) is 2.57. The van der Waals surface area contributed by atoms with Crippen molar-refractivity contribution in [1.82, 2.24) is 9.62 Å². The van der Waals surface area contributed by atoms with E-state index in [-0.39, 0.29) is 22.7 Å². The van der Waals surface area contributed by atoms with Gasteiger partial charge in [0.1, 0.15) is 0 Å². The van der Waals surface area contributed by atoms with Crippen LogP contribution in [0.5, 0.6) is 0 Å². The molecular weight excluding hydrogens is 294 g/mol. The molecule has 0 aliphatic carbocycles. The topological polar surface area (TPSA) is 92.6 Å². The largest absolute Gasteiger partial charge is 0.309 e. The van der Waals surface area contributed by atoms with E-state index >= 15 is 0 Å². The number of nitrogens with zero attached hydrogens (tertiary/aromatic N) is 2. The van der Waals surface area contributed by atoms with Crippen LogP contribution in [0.2, 0.25) is 0 Å². The summed E-state index contributed by atoms with van der Waals surface area (Å²) in [5.41, 5.74) is 0.272. The van der Waals surface area contributed by atoms with E-state index in [2.05, 4.69) is 5.32 Å². The van der Waals surface area contributed by atoms with Crippen molar-refractivity contribution < 1.29 is 13.3 Å². The number of sulfonamides is 1. The Labute approximate surface area is 124 Å². The Hall–Kier alpha value is -1.51. The average molecular weight is 313 g/mol. The summed E-state index contributed by atoms with van der Waals surface area (Å²) in [6, 6.07) is 4.13. The number of benzene rings is 1. The normalized spacial score (nSPS) is 24.0. The summed E-state index contributed by atoms with van der Waals surface area (Å²) in [5.74, 6) is 0. The molecule has 2 unspecified atom stereocenters. The van der Waals surface area contributed by atoms with Gasteiger partial charge >= 0.3 is 0 Å². The van der Waals surface area contributed by atoms with Gasteiger partial charge in [-0.2, -0.15) is 4.31 Å². The lowest BCUT2D eigenvalue weighted by atomic mass is 10.2. The van der Waals surface area contributed by atoms with Crippen molar-refractivity contribution in [3.63, 3.8) is 0 Å². The summed E-state index contributed by atoms with van der Waals surface area (Å²) in [7, 11) is -3.71. The highest BCUT2D eigenvalue weighted by Crippen LogP contribution is 2.25. The monoisotopic (exact) mass is 313 g/mol. The van der Waals surface area contributed by atoms with Crippen molar-refractivity contribution in [3.05, 3.63) is 33.9 Å². The predicted molar refractivity (Wildman–Crippen MR) is 78.7 cm³/mol. The number of nitro groups is 1. The Bertz CT molecular complexity index is 649. The lowest BCUT2D eigenvalue weighted by molar-refractivity contribution is -0.385. The molecular formula is C13H19N3O4S. The number of piperazine rings is 1. The van der Waals surface area contributed by atoms with Crippen molar-refractivity contribution in [1.29, 1.82) is 0 Å². The van der Waals surface area contributed by atoms with Crippen molar-refractivity contribution in [2.75, 3.05) is 13.1 Å². The molecule has 0 radical (unpaired) electrons. The van der Waals surface area contributed by atoms with Gasteiger partial charge in [0.05, 0.1) is 9.82 Å². The van der Waals surface area contributed by atoms with E-state index in [0.29, 0.717) is 18.7 Å². The third-order valence-electron chi connectivity index (χ3n) is 3.54. The highest BCUT2D eigenvalue weighted by molar-refractivity contribution is 7.89. The van der Waals surface area contributed by atoms with Gasteiger partial charge in [0.2, 0.25) is 10.0 Å². The zero-order chi connectivity index (χ0) is 15.8. The van der Waals surface area contributed by atoms with Crippen LogP contribution in [0.1, 0.15) is 19.4 Å². The predicted octanol–water partition coefficient (Wildman–Crippen LogP) is 1.27. The van der Waals surface area contributed by atoms with Gasteiger partial charge in [0.25, 0.3) is 5.69 Å². The fraction of sp³-hybridized carbons (Fsp3) is 0.538. The van der Waals surface area contributed by atoms with Crippen LogP contribution in [0.4, 0.5) is 5.69 Å². The van der Waals surface area contributed by atoms with Gasteiger partial charge in [-0.1, -0.05) is 6.07 Å². The molecule has 21 heavy (non-hydrogen) atoms. The standard InChI is InChI=1S/C13H19N3O4S/c1-9-4-5-12(6-13(9)16(17)18)21(19,20)15-7-10(2)14-11(3)8-15/h4-6,10-11,14H,7-8H2,1-3H3. The Morgan fingerprint density at radius 1 is 1.29 bits per heavy atom. The number of nitro benzene ring substituents is 1. The molecule has 1 aliphatic rings. The lowest BCUT2D eigenvalue weighted by Crippen LogP contribution is -2.55. The average Bonchev–Trinajstić information content (AvgIpc) is 2.37. The molecule has 0 bridgehead atoms. The molecule has 2 rings (SSSR count). The molecule has 0 spiro atoms. The SMILES string of the molecule is Cc1ccc(S(=O)(=O)N2CC(C)NC(C)C2)cc1[N+](=O)[O-]. The van der Waals surface area contributed by atoms with Crippen LogP contribution in [0, 0.1) is 17.0 Å². The lowest BCUT2D eigenvalue weighted by Gasteiger charge is -2.35. The van der Waals surface area contributed by atoms with Gasteiger partial charge in [-0.3, -0.25) is 10.1 Å². The van der Waals surface area contributed by atoms with E-state index in [1.165, 1.54) is 16.4 Å². The van der Waals surface area contributed by atoms with E-state index in [1.807, 2.05) is 13.8 Å². The van der Waals surface area contributed by atoms with Crippen LogP contribution in [0.3, 0.4) is 0 Å². The van der Waals surface area contributed by atoms with Crippen LogP contribution in [-0.2, 0) is 10.0 Å². The first-order valence-electron chi connectivity index (χ1n) is 6.73. The smallest absolute Gasteiger partial charge is 0.273 e. The summed E-state index contributed by atoms with van der Waals surface area (Å²) >= 11 is 0. The molecule has 1 fully saturated rings. The number of nitrogens with one attached hydrogen (secondary N) is 1. The molecule has 2 atom stereocenters. The second-order valence-corrected chi connectivity index (χ2v) is 7.43. The number of hydrogen-bond donors (Lipinski definition) is 1. The molecule has 0 aromatic heterocycles. The van der Waals surface area contributed by atoms with Crippen LogP contribution in [0.25, 0.3) is 0 Å². The van der Waals surface area contributed by atoms with E-state index in [4.69, 9.17) is 0 Å². The first-order valence-corrected chi connectivity index (χ1v) is 8.17. The molecule has 1 saturated heterocycles. The Kier molecular flexibility index (Phi) is 4.31. The Morgan fingerprint density at radius 3 is 2.38 bits per heavy atom. The summed E-state index contributed by atoms with van der Waals surface area (Å²) in [5, 5.41) is 14.2. The van der Waals surface area contributed by atoms with Crippen LogP contribution >= 0.6 is 0 Å². The minimum atomic E-state index is -3.71. The van der Waals surface area contributed by atoms with E-state index in [0.717, 1.165) is 6.07 Å². The van der Waals surface area contributed by atoms with Crippen molar-refractivity contribution in [2.24, 2.45) is 0 Å². The third-order valence-corrected chi connectivity index (χ3v) is 5.37. The molecule has 7 nitrogen and oxygen atoms in total. The van der Waals surface area contributed by atoms with E-state index in [1.54, 1.807) is 6.92 Å². The number of rotatable bonds is 3. The van der Waals surface area contributed by atoms with E-state index in [9.17, 15) is 18.5 Å². The van der Waals surface area contributed by atoms with Gasteiger partial charge in [-0.05, 0) is 26.8 Å². The summed E-state index contributed by atoms with van der Waals surface area (Å²) in [6.45, 7) is 6.12. The molecule has 8 heteroatoms. The molecule has 116 valence electrons. The van der Waals surface area contributed by atoms with Gasteiger partial charge in [-0.25, -0.2) is 8.42 Å².